The number of para-hydroxylation sites is 1. The van der Waals surface area contributed by atoms with Gasteiger partial charge in [0.1, 0.15) is 18.1 Å². The van der Waals surface area contributed by atoms with Crippen LogP contribution in [0, 0.1) is 11.8 Å². The molecule has 0 aliphatic heterocycles. The lowest BCUT2D eigenvalue weighted by molar-refractivity contribution is -0.134. The van der Waals surface area contributed by atoms with Crippen molar-refractivity contribution in [2.75, 3.05) is 12.4 Å². The lowest BCUT2D eigenvalue weighted by atomic mass is 9.97. The molecule has 1 aromatic heterocycles. The van der Waals surface area contributed by atoms with Crippen LogP contribution in [0.25, 0.3) is 10.9 Å². The van der Waals surface area contributed by atoms with Crippen molar-refractivity contribution in [3.05, 3.63) is 65.7 Å². The molecule has 0 bridgehead atoms. The molecule has 244 valence electrons. The number of aliphatic hydroxyl groups excluding tert-OH is 1. The summed E-state index contributed by atoms with van der Waals surface area (Å²) in [5, 5.41) is 19.5. The Hall–Kier alpha value is -3.87. The number of fused-ring (bicyclic) bond motifs is 1. The Morgan fingerprint density at radius 2 is 1.51 bits per heavy atom. The van der Waals surface area contributed by atoms with E-state index in [0.717, 1.165) is 27.1 Å². The molecule has 3 aromatic rings. The normalized spacial score (nSPS) is 14.7. The Labute approximate surface area is 268 Å². The van der Waals surface area contributed by atoms with E-state index in [1.165, 1.54) is 11.8 Å². The molecular formula is C33H46N6O5S. The van der Waals surface area contributed by atoms with Crippen LogP contribution in [-0.4, -0.2) is 70.2 Å². The number of primary amides is 1. The Morgan fingerprint density at radius 3 is 2.13 bits per heavy atom. The number of carbonyl (C=O) groups is 4. The van der Waals surface area contributed by atoms with Crippen LogP contribution in [0.1, 0.15) is 45.2 Å². The van der Waals surface area contributed by atoms with Gasteiger partial charge in [0.15, 0.2) is 0 Å². The fourth-order valence-electron chi connectivity index (χ4n) is 5.06. The highest BCUT2D eigenvalue weighted by Gasteiger charge is 2.33. The maximum absolute atomic E-state index is 13.8. The molecule has 3 rings (SSSR count). The molecule has 0 aliphatic carbocycles. The second kappa shape index (κ2) is 17.0. The van der Waals surface area contributed by atoms with Crippen molar-refractivity contribution in [1.82, 2.24) is 20.9 Å². The molecule has 11 nitrogen and oxygen atoms in total. The summed E-state index contributed by atoms with van der Waals surface area (Å²) >= 11 is 1.40. The van der Waals surface area contributed by atoms with E-state index in [0.29, 0.717) is 18.6 Å². The van der Waals surface area contributed by atoms with Crippen molar-refractivity contribution in [2.24, 2.45) is 23.3 Å². The van der Waals surface area contributed by atoms with Crippen molar-refractivity contribution in [1.29, 1.82) is 0 Å². The number of thioether (sulfide) groups is 1. The Bertz CT molecular complexity index is 1450. The van der Waals surface area contributed by atoms with Gasteiger partial charge in [0.05, 0.1) is 17.7 Å². The number of aromatic amines is 1. The SMILES string of the molecule is CCC(C)C(NC(=O)C(Cc1c(SCCO)[nH]c2ccccc12)NC(=O)C(NC(=O)C(N)Cc1ccccc1)C(C)C)C(N)=O. The zero-order valence-electron chi connectivity index (χ0n) is 26.3. The summed E-state index contributed by atoms with van der Waals surface area (Å²) in [6.07, 6.45) is 0.969. The van der Waals surface area contributed by atoms with Crippen LogP contribution in [0.5, 0.6) is 0 Å². The van der Waals surface area contributed by atoms with Gasteiger partial charge in [-0.1, -0.05) is 82.6 Å². The van der Waals surface area contributed by atoms with Gasteiger partial charge >= 0.3 is 0 Å². The van der Waals surface area contributed by atoms with E-state index in [-0.39, 0.29) is 24.9 Å². The maximum atomic E-state index is 13.8. The van der Waals surface area contributed by atoms with Gasteiger partial charge in [0.2, 0.25) is 23.6 Å². The van der Waals surface area contributed by atoms with Gasteiger partial charge in [-0.3, -0.25) is 19.2 Å². The maximum Gasteiger partial charge on any atom is 0.243 e. The number of hydrogen-bond donors (Lipinski definition) is 7. The molecule has 4 amide bonds. The molecule has 45 heavy (non-hydrogen) atoms. The summed E-state index contributed by atoms with van der Waals surface area (Å²) in [6.45, 7) is 7.24. The second-order valence-corrected chi connectivity index (χ2v) is 12.7. The highest BCUT2D eigenvalue weighted by atomic mass is 32.2. The van der Waals surface area contributed by atoms with Gasteiger partial charge in [0, 0.05) is 23.1 Å². The number of aromatic nitrogens is 1. The average molecular weight is 639 g/mol. The van der Waals surface area contributed by atoms with Crippen LogP contribution in [-0.2, 0) is 32.0 Å². The van der Waals surface area contributed by atoms with Crippen molar-refractivity contribution in [3.8, 4) is 0 Å². The van der Waals surface area contributed by atoms with Crippen LogP contribution in [0.3, 0.4) is 0 Å². The highest BCUT2D eigenvalue weighted by molar-refractivity contribution is 7.99. The number of nitrogens with two attached hydrogens (primary N) is 2. The van der Waals surface area contributed by atoms with E-state index in [2.05, 4.69) is 20.9 Å². The fourth-order valence-corrected chi connectivity index (χ4v) is 5.91. The van der Waals surface area contributed by atoms with Crippen LogP contribution < -0.4 is 27.4 Å². The largest absolute Gasteiger partial charge is 0.396 e. The first-order valence-corrected chi connectivity index (χ1v) is 16.3. The Balaban J connectivity index is 1.91. The van der Waals surface area contributed by atoms with Gasteiger partial charge < -0.3 is 37.5 Å². The van der Waals surface area contributed by atoms with E-state index in [4.69, 9.17) is 11.5 Å². The lowest BCUT2D eigenvalue weighted by Gasteiger charge is -2.28. The summed E-state index contributed by atoms with van der Waals surface area (Å²) in [7, 11) is 0. The topological polar surface area (TPSA) is 192 Å². The number of benzene rings is 2. The highest BCUT2D eigenvalue weighted by Crippen LogP contribution is 2.31. The predicted octanol–water partition coefficient (Wildman–Crippen LogP) is 2.01. The molecule has 2 aromatic carbocycles. The number of aliphatic hydroxyl groups is 1. The van der Waals surface area contributed by atoms with Crippen LogP contribution in [0.15, 0.2) is 59.6 Å². The standard InChI is InChI=1S/C33H46N6O5S/c1-5-20(4)28(29(35)41)39-31(43)26(18-23-22-13-9-10-14-25(22)37-33(23)45-16-15-40)36-32(44)27(19(2)3)38-30(42)24(34)17-21-11-7-6-8-12-21/h6-14,19-20,24,26-28,37,40H,5,15-18,34H2,1-4H3,(H2,35,41)(H,36,44)(H,38,42)(H,39,43). The third-order valence-electron chi connectivity index (χ3n) is 7.85. The monoisotopic (exact) mass is 638 g/mol. The minimum atomic E-state index is -1.12. The van der Waals surface area contributed by atoms with Gasteiger partial charge in [0.25, 0.3) is 0 Å². The Morgan fingerprint density at radius 1 is 0.867 bits per heavy atom. The third kappa shape index (κ3) is 9.81. The smallest absolute Gasteiger partial charge is 0.243 e. The van der Waals surface area contributed by atoms with Gasteiger partial charge in [-0.25, -0.2) is 0 Å². The second-order valence-electron chi connectivity index (χ2n) is 11.6. The molecule has 0 spiro atoms. The Kier molecular flexibility index (Phi) is 13.4. The van der Waals surface area contributed by atoms with E-state index in [9.17, 15) is 24.3 Å². The summed E-state index contributed by atoms with van der Waals surface area (Å²) in [4.78, 5) is 56.3. The summed E-state index contributed by atoms with van der Waals surface area (Å²) < 4.78 is 0. The molecule has 0 fully saturated rings. The lowest BCUT2D eigenvalue weighted by Crippen LogP contribution is -2.60. The third-order valence-corrected chi connectivity index (χ3v) is 8.88. The minimum absolute atomic E-state index is 0.0442. The molecule has 5 atom stereocenters. The number of H-pyrrole nitrogens is 1. The van der Waals surface area contributed by atoms with Gasteiger partial charge in [-0.2, -0.15) is 0 Å². The zero-order chi connectivity index (χ0) is 33.1. The first-order valence-electron chi connectivity index (χ1n) is 15.3. The zero-order valence-corrected chi connectivity index (χ0v) is 27.2. The molecule has 5 unspecified atom stereocenters. The number of carbonyl (C=O) groups excluding carboxylic acids is 4. The number of nitrogens with one attached hydrogen (secondary N) is 4. The van der Waals surface area contributed by atoms with E-state index >= 15 is 0 Å². The van der Waals surface area contributed by atoms with Crippen LogP contribution in [0.2, 0.25) is 0 Å². The molecule has 0 saturated carbocycles. The molecule has 12 heteroatoms. The number of amides is 4. The molecule has 0 radical (unpaired) electrons. The van der Waals surface area contributed by atoms with Crippen molar-refractivity contribution in [2.45, 2.75) is 76.2 Å². The first kappa shape index (κ1) is 35.6. The predicted molar refractivity (Wildman–Crippen MR) is 177 cm³/mol. The van der Waals surface area contributed by atoms with Crippen molar-refractivity contribution < 1.29 is 24.3 Å². The first-order chi connectivity index (χ1) is 21.5. The van der Waals surface area contributed by atoms with Crippen molar-refractivity contribution >= 4 is 46.3 Å². The molecule has 1 heterocycles. The quantitative estimate of drug-likeness (QED) is 0.110. The molecule has 0 saturated heterocycles. The molecular weight excluding hydrogens is 592 g/mol. The summed E-state index contributed by atoms with van der Waals surface area (Å²) in [5.41, 5.74) is 14.3. The molecule has 9 N–H and O–H groups in total. The average Bonchev–Trinajstić information content (AvgIpc) is 3.37. The fraction of sp³-hybridized carbons (Fsp3) is 0.455. The van der Waals surface area contributed by atoms with E-state index in [1.807, 2.05) is 68.4 Å². The summed E-state index contributed by atoms with van der Waals surface area (Å²) in [5.74, 6) is -2.44. The number of hydrogen-bond acceptors (Lipinski definition) is 7. The van der Waals surface area contributed by atoms with Crippen molar-refractivity contribution in [3.63, 3.8) is 0 Å². The van der Waals surface area contributed by atoms with Gasteiger partial charge in [-0.05, 0) is 35.4 Å². The van der Waals surface area contributed by atoms with E-state index in [1.54, 1.807) is 13.8 Å². The molecule has 0 aliphatic rings. The number of rotatable bonds is 17. The van der Waals surface area contributed by atoms with Crippen LogP contribution >= 0.6 is 11.8 Å². The minimum Gasteiger partial charge on any atom is -0.396 e. The van der Waals surface area contributed by atoms with Gasteiger partial charge in [-0.15, -0.1) is 11.8 Å². The van der Waals surface area contributed by atoms with E-state index < -0.39 is 47.8 Å². The summed E-state index contributed by atoms with van der Waals surface area (Å²) in [6, 6.07) is 13.0. The van der Waals surface area contributed by atoms with Crippen LogP contribution in [0.4, 0.5) is 0 Å².